The maximum absolute atomic E-state index is 14.1. The van der Waals surface area contributed by atoms with Gasteiger partial charge in [0.05, 0.1) is 19.8 Å². The molecule has 10 heteroatoms. The first-order valence-corrected chi connectivity index (χ1v) is 15.6. The molecule has 3 aromatic rings. The van der Waals surface area contributed by atoms with Gasteiger partial charge in [0.2, 0.25) is 11.8 Å². The lowest BCUT2D eigenvalue weighted by atomic mass is 9.89. The molecule has 3 fully saturated rings. The molecule has 3 amide bonds. The Morgan fingerprint density at radius 1 is 1.05 bits per heavy atom. The fourth-order valence-corrected chi connectivity index (χ4v) is 7.24. The summed E-state index contributed by atoms with van der Waals surface area (Å²) in [5.41, 5.74) is 2.11. The highest BCUT2D eigenvalue weighted by Crippen LogP contribution is 2.43. The summed E-state index contributed by atoms with van der Waals surface area (Å²) in [7, 11) is 1.59. The van der Waals surface area contributed by atoms with Crippen LogP contribution in [0.4, 0.5) is 0 Å². The standard InChI is InChI=1S/C34H40N4O6/c1-43-30-14-6-13-26-25(30)17-28(36-26)34(42)38-18-23-10-5-12-24(23)31(38)33(41)37-27(16-22-11-7-15-35-32(22)40)29(39)20-44-19-21-8-3-2-4-9-21/h2-4,6,8-9,13-14,17,22-24,27,31,36H,5,7,10-12,15-16,18-20H2,1H3,(H,35,40)(H,37,41). The van der Waals surface area contributed by atoms with Gasteiger partial charge in [0.15, 0.2) is 5.78 Å². The Morgan fingerprint density at radius 2 is 1.89 bits per heavy atom. The summed E-state index contributed by atoms with van der Waals surface area (Å²) in [6, 6.07) is 15.3. The highest BCUT2D eigenvalue weighted by molar-refractivity contribution is 6.02. The van der Waals surface area contributed by atoms with Gasteiger partial charge in [-0.1, -0.05) is 42.8 Å². The number of aromatic amines is 1. The van der Waals surface area contributed by atoms with Gasteiger partial charge in [-0.25, -0.2) is 0 Å². The van der Waals surface area contributed by atoms with Gasteiger partial charge < -0.3 is 30.0 Å². The molecule has 3 N–H and O–H groups in total. The van der Waals surface area contributed by atoms with Crippen molar-refractivity contribution in [2.45, 2.75) is 57.2 Å². The molecule has 3 aliphatic rings. The van der Waals surface area contributed by atoms with Gasteiger partial charge >= 0.3 is 0 Å². The van der Waals surface area contributed by atoms with E-state index in [-0.39, 0.29) is 60.9 Å². The van der Waals surface area contributed by atoms with Crippen molar-refractivity contribution in [1.29, 1.82) is 0 Å². The molecule has 0 spiro atoms. The van der Waals surface area contributed by atoms with Gasteiger partial charge in [-0.2, -0.15) is 0 Å². The summed E-state index contributed by atoms with van der Waals surface area (Å²) in [4.78, 5) is 59.1. The first-order chi connectivity index (χ1) is 21.4. The summed E-state index contributed by atoms with van der Waals surface area (Å²) in [6.07, 6.45) is 4.47. The second kappa shape index (κ2) is 13.2. The van der Waals surface area contributed by atoms with Crippen LogP contribution in [0.1, 0.15) is 54.6 Å². The number of piperidine rings is 1. The molecule has 5 atom stereocenters. The van der Waals surface area contributed by atoms with E-state index in [2.05, 4.69) is 15.6 Å². The van der Waals surface area contributed by atoms with Crippen LogP contribution in [0.15, 0.2) is 54.6 Å². The summed E-state index contributed by atoms with van der Waals surface area (Å²) in [5.74, 6) is -0.466. The lowest BCUT2D eigenvalue weighted by Gasteiger charge is -2.30. The smallest absolute Gasteiger partial charge is 0.271 e. The molecule has 44 heavy (non-hydrogen) atoms. The van der Waals surface area contributed by atoms with Crippen LogP contribution in [0.2, 0.25) is 0 Å². The van der Waals surface area contributed by atoms with Crippen molar-refractivity contribution < 1.29 is 28.7 Å². The third-order valence-electron chi connectivity index (χ3n) is 9.47. The van der Waals surface area contributed by atoms with Crippen LogP contribution in [0.3, 0.4) is 0 Å². The van der Waals surface area contributed by atoms with Crippen LogP contribution in [0.25, 0.3) is 10.9 Å². The van der Waals surface area contributed by atoms with Crippen LogP contribution < -0.4 is 15.4 Å². The number of carbonyl (C=O) groups excluding carboxylic acids is 4. The third-order valence-corrected chi connectivity index (χ3v) is 9.47. The number of likely N-dealkylation sites (tertiary alicyclic amines) is 1. The lowest BCUT2D eigenvalue weighted by molar-refractivity contribution is -0.134. The van der Waals surface area contributed by atoms with Gasteiger partial charge in [-0.05, 0) is 67.7 Å². The maximum atomic E-state index is 14.1. The highest BCUT2D eigenvalue weighted by atomic mass is 16.5. The summed E-state index contributed by atoms with van der Waals surface area (Å²) < 4.78 is 11.2. The Hall–Kier alpha value is -4.18. The van der Waals surface area contributed by atoms with E-state index in [9.17, 15) is 19.2 Å². The van der Waals surface area contributed by atoms with Gasteiger partial charge in [-0.15, -0.1) is 0 Å². The molecule has 2 aliphatic heterocycles. The molecule has 2 aromatic carbocycles. The topological polar surface area (TPSA) is 130 Å². The molecule has 0 radical (unpaired) electrons. The zero-order chi connectivity index (χ0) is 30.6. The molecule has 3 heterocycles. The largest absolute Gasteiger partial charge is 0.496 e. The van der Waals surface area contributed by atoms with Crippen molar-refractivity contribution in [3.63, 3.8) is 0 Å². The number of ketones is 1. The zero-order valence-electron chi connectivity index (χ0n) is 25.1. The van der Waals surface area contributed by atoms with Crippen LogP contribution in [-0.4, -0.2) is 72.3 Å². The number of hydrogen-bond acceptors (Lipinski definition) is 6. The van der Waals surface area contributed by atoms with Crippen LogP contribution >= 0.6 is 0 Å². The van der Waals surface area contributed by atoms with Crippen LogP contribution in [-0.2, 0) is 25.7 Å². The second-order valence-electron chi connectivity index (χ2n) is 12.2. The number of benzene rings is 2. The van der Waals surface area contributed by atoms with Gasteiger partial charge in [0.25, 0.3) is 5.91 Å². The van der Waals surface area contributed by atoms with Gasteiger partial charge in [-0.3, -0.25) is 19.2 Å². The summed E-state index contributed by atoms with van der Waals surface area (Å²) in [6.45, 7) is 1.17. The zero-order valence-corrected chi connectivity index (χ0v) is 25.1. The van der Waals surface area contributed by atoms with Crippen molar-refractivity contribution in [1.82, 2.24) is 20.5 Å². The van der Waals surface area contributed by atoms with Gasteiger partial charge in [0, 0.05) is 29.9 Å². The number of amides is 3. The van der Waals surface area contributed by atoms with Crippen molar-refractivity contribution >= 4 is 34.4 Å². The average Bonchev–Trinajstić information content (AvgIpc) is 3.76. The number of methoxy groups -OCH3 is 1. The highest BCUT2D eigenvalue weighted by Gasteiger charge is 2.50. The Labute approximate surface area is 256 Å². The van der Waals surface area contributed by atoms with E-state index in [0.717, 1.165) is 42.1 Å². The fourth-order valence-electron chi connectivity index (χ4n) is 7.24. The number of aromatic nitrogens is 1. The first-order valence-electron chi connectivity index (χ1n) is 15.6. The Morgan fingerprint density at radius 3 is 2.68 bits per heavy atom. The molecule has 10 nitrogen and oxygen atoms in total. The number of ether oxygens (including phenoxy) is 2. The average molecular weight is 601 g/mol. The normalized spacial score (nSPS) is 23.7. The van der Waals surface area contributed by atoms with E-state index in [1.165, 1.54) is 0 Å². The number of fused-ring (bicyclic) bond motifs is 2. The second-order valence-corrected chi connectivity index (χ2v) is 12.2. The number of Topliss-reactive ketones (excluding diaryl/α,β-unsaturated/α-hetero) is 1. The predicted octanol–water partition coefficient (Wildman–Crippen LogP) is 3.60. The summed E-state index contributed by atoms with van der Waals surface area (Å²) >= 11 is 0. The number of nitrogens with zero attached hydrogens (tertiary/aromatic N) is 1. The van der Waals surface area contributed by atoms with Gasteiger partial charge in [0.1, 0.15) is 24.1 Å². The molecular formula is C34H40N4O6. The molecule has 1 aromatic heterocycles. The Balaban J connectivity index is 1.21. The van der Waals surface area contributed by atoms with Crippen LogP contribution in [0, 0.1) is 17.8 Å². The predicted molar refractivity (Wildman–Crippen MR) is 164 cm³/mol. The van der Waals surface area contributed by atoms with E-state index in [0.29, 0.717) is 31.0 Å². The number of carbonyl (C=O) groups is 4. The molecular weight excluding hydrogens is 560 g/mol. The number of rotatable bonds is 11. The molecule has 6 rings (SSSR count). The quantitative estimate of drug-likeness (QED) is 0.309. The number of nitrogens with one attached hydrogen (secondary N) is 3. The molecule has 1 aliphatic carbocycles. The van der Waals surface area contributed by atoms with E-state index >= 15 is 0 Å². The third kappa shape index (κ3) is 6.22. The Bertz CT molecular complexity index is 1520. The monoisotopic (exact) mass is 600 g/mol. The van der Waals surface area contributed by atoms with Crippen LogP contribution in [0.5, 0.6) is 5.75 Å². The molecule has 1 saturated carbocycles. The van der Waals surface area contributed by atoms with E-state index in [4.69, 9.17) is 9.47 Å². The minimum absolute atomic E-state index is 0.0147. The Kier molecular flexibility index (Phi) is 8.97. The molecule has 0 bridgehead atoms. The van der Waals surface area contributed by atoms with Crippen molar-refractivity contribution in [2.24, 2.45) is 17.8 Å². The molecule has 232 valence electrons. The number of H-pyrrole nitrogens is 1. The summed E-state index contributed by atoms with van der Waals surface area (Å²) in [5, 5.41) is 6.67. The fraction of sp³-hybridized carbons (Fsp3) is 0.471. The molecule has 2 saturated heterocycles. The lowest BCUT2D eigenvalue weighted by Crippen LogP contribution is -2.54. The van der Waals surface area contributed by atoms with E-state index < -0.39 is 12.1 Å². The molecule has 5 unspecified atom stereocenters. The number of hydrogen-bond donors (Lipinski definition) is 3. The minimum atomic E-state index is -0.901. The first kappa shape index (κ1) is 29.9. The van der Waals surface area contributed by atoms with Crippen molar-refractivity contribution in [3.8, 4) is 5.75 Å². The van der Waals surface area contributed by atoms with Crippen molar-refractivity contribution in [3.05, 3.63) is 65.9 Å². The van der Waals surface area contributed by atoms with E-state index in [1.807, 2.05) is 48.5 Å². The maximum Gasteiger partial charge on any atom is 0.271 e. The SMILES string of the molecule is COc1cccc2[nH]c(C(=O)N3CC4CCCC4C3C(=O)NC(CC3CCCNC3=O)C(=O)COCc3ccccc3)cc12. The van der Waals surface area contributed by atoms with E-state index in [1.54, 1.807) is 18.1 Å². The minimum Gasteiger partial charge on any atom is -0.496 e. The van der Waals surface area contributed by atoms with Crippen molar-refractivity contribution in [2.75, 3.05) is 26.8 Å².